The summed E-state index contributed by atoms with van der Waals surface area (Å²) in [7, 11) is 2.06. The van der Waals surface area contributed by atoms with Crippen LogP contribution in [0.5, 0.6) is 0 Å². The van der Waals surface area contributed by atoms with Crippen LogP contribution >= 0.6 is 0 Å². The van der Waals surface area contributed by atoms with Crippen LogP contribution in [0.25, 0.3) is 0 Å². The Morgan fingerprint density at radius 1 is 1.05 bits per heavy atom. The van der Waals surface area contributed by atoms with E-state index in [1.807, 2.05) is 18.2 Å². The number of hydrogen-bond donors (Lipinski definition) is 0. The molecule has 0 aromatic heterocycles. The molecule has 0 heterocycles. The van der Waals surface area contributed by atoms with Gasteiger partial charge in [-0.1, -0.05) is 51.1 Å². The molecule has 0 fully saturated rings. The van der Waals surface area contributed by atoms with Crippen molar-refractivity contribution in [3.8, 4) is 0 Å². The van der Waals surface area contributed by atoms with Gasteiger partial charge in [0.2, 0.25) is 0 Å². The molecule has 19 heavy (non-hydrogen) atoms. The molecule has 0 aliphatic rings. The fourth-order valence-electron chi connectivity index (χ4n) is 2.67. The van der Waals surface area contributed by atoms with E-state index >= 15 is 0 Å². The predicted molar refractivity (Wildman–Crippen MR) is 81.1 cm³/mol. The van der Waals surface area contributed by atoms with Crippen LogP contribution in [0.4, 0.5) is 0 Å². The summed E-state index contributed by atoms with van der Waals surface area (Å²) in [6.07, 6.45) is 2.79. The third-order valence-electron chi connectivity index (χ3n) is 3.91. The number of likely N-dealkylation sites (N-methyl/N-ethyl adjacent to an activating group) is 1. The van der Waals surface area contributed by atoms with Gasteiger partial charge in [0.15, 0.2) is 5.78 Å². The maximum Gasteiger partial charge on any atom is 0.152 e. The second-order valence-corrected chi connectivity index (χ2v) is 5.24. The van der Waals surface area contributed by atoms with Crippen LogP contribution in [0.1, 0.15) is 45.6 Å². The van der Waals surface area contributed by atoms with Gasteiger partial charge in [0.25, 0.3) is 0 Å². The van der Waals surface area contributed by atoms with Crippen molar-refractivity contribution in [2.24, 2.45) is 5.92 Å². The molecule has 0 spiro atoms. The molecule has 0 bridgehead atoms. The molecule has 2 heteroatoms. The van der Waals surface area contributed by atoms with E-state index in [1.165, 1.54) is 5.56 Å². The SMILES string of the molecule is CCC(CC)C(=O)C(CC)N(C)Cc1ccccc1. The lowest BCUT2D eigenvalue weighted by molar-refractivity contribution is -0.128. The Morgan fingerprint density at radius 2 is 1.63 bits per heavy atom. The number of rotatable bonds is 8. The minimum absolute atomic E-state index is 0.0464. The van der Waals surface area contributed by atoms with E-state index in [2.05, 4.69) is 44.9 Å². The van der Waals surface area contributed by atoms with E-state index in [1.54, 1.807) is 0 Å². The molecule has 0 aliphatic carbocycles. The maximum atomic E-state index is 12.5. The summed E-state index contributed by atoms with van der Waals surface area (Å²) in [5.74, 6) is 0.620. The summed E-state index contributed by atoms with van der Waals surface area (Å²) in [4.78, 5) is 14.7. The minimum atomic E-state index is 0.0464. The summed E-state index contributed by atoms with van der Waals surface area (Å²) in [5, 5.41) is 0. The van der Waals surface area contributed by atoms with Crippen molar-refractivity contribution in [3.05, 3.63) is 35.9 Å². The van der Waals surface area contributed by atoms with Crippen molar-refractivity contribution in [1.82, 2.24) is 4.90 Å². The van der Waals surface area contributed by atoms with Gasteiger partial charge >= 0.3 is 0 Å². The molecule has 106 valence electrons. The Labute approximate surface area is 117 Å². The van der Waals surface area contributed by atoms with Crippen LogP contribution in [0.3, 0.4) is 0 Å². The zero-order valence-electron chi connectivity index (χ0n) is 12.7. The van der Waals surface area contributed by atoms with Crippen LogP contribution in [0.2, 0.25) is 0 Å². The minimum Gasteiger partial charge on any atom is -0.298 e. The molecule has 0 saturated heterocycles. The van der Waals surface area contributed by atoms with Crippen molar-refractivity contribution in [3.63, 3.8) is 0 Å². The van der Waals surface area contributed by atoms with Crippen LogP contribution in [-0.2, 0) is 11.3 Å². The lowest BCUT2D eigenvalue weighted by Crippen LogP contribution is -2.40. The molecule has 1 unspecified atom stereocenters. The Balaban J connectivity index is 2.71. The standard InChI is InChI=1S/C17H27NO/c1-5-15(6-2)17(19)16(7-3)18(4)13-14-11-9-8-10-12-14/h8-12,15-16H,5-7,13H2,1-4H3. The van der Waals surface area contributed by atoms with Gasteiger partial charge in [0, 0.05) is 12.5 Å². The molecule has 2 nitrogen and oxygen atoms in total. The van der Waals surface area contributed by atoms with Crippen LogP contribution in [-0.4, -0.2) is 23.8 Å². The monoisotopic (exact) mass is 261 g/mol. The first-order valence-corrected chi connectivity index (χ1v) is 7.41. The number of carbonyl (C=O) groups excluding carboxylic acids is 1. The number of carbonyl (C=O) groups is 1. The normalized spacial score (nSPS) is 12.9. The fraction of sp³-hybridized carbons (Fsp3) is 0.588. The Kier molecular flexibility index (Phi) is 6.79. The summed E-state index contributed by atoms with van der Waals surface area (Å²) >= 11 is 0. The molecule has 1 atom stereocenters. The van der Waals surface area contributed by atoms with Gasteiger partial charge in [-0.05, 0) is 31.9 Å². The number of ketones is 1. The quantitative estimate of drug-likeness (QED) is 0.707. The van der Waals surface area contributed by atoms with Gasteiger partial charge in [0.05, 0.1) is 6.04 Å². The van der Waals surface area contributed by atoms with Gasteiger partial charge < -0.3 is 0 Å². The molecule has 0 aliphatic heterocycles. The highest BCUT2D eigenvalue weighted by molar-refractivity contribution is 5.86. The first kappa shape index (κ1) is 15.9. The largest absolute Gasteiger partial charge is 0.298 e. The molecule has 1 rings (SSSR count). The zero-order valence-corrected chi connectivity index (χ0v) is 12.7. The molecule has 0 amide bonds. The van der Waals surface area contributed by atoms with Gasteiger partial charge in [-0.2, -0.15) is 0 Å². The smallest absolute Gasteiger partial charge is 0.152 e. The molecule has 1 aromatic rings. The highest BCUT2D eigenvalue weighted by Gasteiger charge is 2.26. The average Bonchev–Trinajstić information content (AvgIpc) is 2.42. The number of benzene rings is 1. The number of Topliss-reactive ketones (excluding diaryl/α,β-unsaturated/α-hetero) is 1. The first-order chi connectivity index (χ1) is 9.13. The fourth-order valence-corrected chi connectivity index (χ4v) is 2.67. The number of hydrogen-bond acceptors (Lipinski definition) is 2. The second-order valence-electron chi connectivity index (χ2n) is 5.24. The second kappa shape index (κ2) is 8.11. The van der Waals surface area contributed by atoms with Crippen molar-refractivity contribution >= 4 is 5.78 Å². The molecule has 0 N–H and O–H groups in total. The van der Waals surface area contributed by atoms with E-state index in [-0.39, 0.29) is 12.0 Å². The molecule has 0 radical (unpaired) electrons. The molecule has 1 aromatic carbocycles. The number of nitrogens with zero attached hydrogens (tertiary/aromatic N) is 1. The zero-order chi connectivity index (χ0) is 14.3. The Bertz CT molecular complexity index is 370. The van der Waals surface area contributed by atoms with E-state index in [4.69, 9.17) is 0 Å². The summed E-state index contributed by atoms with van der Waals surface area (Å²) < 4.78 is 0. The van der Waals surface area contributed by atoms with Gasteiger partial charge in [0.1, 0.15) is 0 Å². The van der Waals surface area contributed by atoms with Crippen LogP contribution in [0, 0.1) is 5.92 Å². The van der Waals surface area contributed by atoms with Crippen molar-refractivity contribution < 1.29 is 4.79 Å². The van der Waals surface area contributed by atoms with Crippen molar-refractivity contribution in [2.45, 2.75) is 52.6 Å². The van der Waals surface area contributed by atoms with E-state index in [9.17, 15) is 4.79 Å². The van der Waals surface area contributed by atoms with Gasteiger partial charge in [-0.25, -0.2) is 0 Å². The molecular formula is C17H27NO. The highest BCUT2D eigenvalue weighted by Crippen LogP contribution is 2.17. The van der Waals surface area contributed by atoms with E-state index in [0.29, 0.717) is 5.78 Å². The first-order valence-electron chi connectivity index (χ1n) is 7.41. The summed E-state index contributed by atoms with van der Waals surface area (Å²) in [5.41, 5.74) is 1.26. The van der Waals surface area contributed by atoms with Crippen LogP contribution in [0.15, 0.2) is 30.3 Å². The predicted octanol–water partition coefficient (Wildman–Crippen LogP) is 3.90. The molecule has 0 saturated carbocycles. The van der Waals surface area contributed by atoms with E-state index in [0.717, 1.165) is 25.8 Å². The topological polar surface area (TPSA) is 20.3 Å². The highest BCUT2D eigenvalue weighted by atomic mass is 16.1. The van der Waals surface area contributed by atoms with Crippen molar-refractivity contribution in [2.75, 3.05) is 7.05 Å². The molecular weight excluding hydrogens is 234 g/mol. The van der Waals surface area contributed by atoms with E-state index < -0.39 is 0 Å². The third kappa shape index (κ3) is 4.46. The summed E-state index contributed by atoms with van der Waals surface area (Å²) in [6.45, 7) is 7.16. The lowest BCUT2D eigenvalue weighted by atomic mass is 9.91. The maximum absolute atomic E-state index is 12.5. The average molecular weight is 261 g/mol. The lowest BCUT2D eigenvalue weighted by Gasteiger charge is -2.28. The third-order valence-corrected chi connectivity index (χ3v) is 3.91. The van der Waals surface area contributed by atoms with Gasteiger partial charge in [-0.15, -0.1) is 0 Å². The Hall–Kier alpha value is -1.15. The van der Waals surface area contributed by atoms with Crippen molar-refractivity contribution in [1.29, 1.82) is 0 Å². The Morgan fingerprint density at radius 3 is 2.11 bits per heavy atom. The van der Waals surface area contributed by atoms with Crippen LogP contribution < -0.4 is 0 Å². The van der Waals surface area contributed by atoms with Gasteiger partial charge in [-0.3, -0.25) is 9.69 Å². The summed E-state index contributed by atoms with van der Waals surface area (Å²) in [6, 6.07) is 10.4.